The van der Waals surface area contributed by atoms with Gasteiger partial charge in [-0.1, -0.05) is 76.4 Å². The SMILES string of the molecule is CCCNC(=O)C(C)N(Cc1ccccc1Cl)C(=O)CN(c1cccc(Br)c1)S(=O)(=O)c1ccc(C)cc1. The summed E-state index contributed by atoms with van der Waals surface area (Å²) in [5.41, 5.74) is 1.87. The number of carbonyl (C=O) groups is 2. The van der Waals surface area contributed by atoms with Crippen molar-refractivity contribution in [2.75, 3.05) is 17.4 Å². The van der Waals surface area contributed by atoms with Gasteiger partial charge in [-0.05, 0) is 62.2 Å². The maximum atomic E-state index is 13.9. The molecule has 3 aromatic carbocycles. The lowest BCUT2D eigenvalue weighted by atomic mass is 10.1. The van der Waals surface area contributed by atoms with E-state index in [1.807, 2.05) is 13.8 Å². The zero-order valence-electron chi connectivity index (χ0n) is 21.5. The van der Waals surface area contributed by atoms with Gasteiger partial charge in [-0.15, -0.1) is 0 Å². The second-order valence-electron chi connectivity index (χ2n) is 8.88. The maximum Gasteiger partial charge on any atom is 0.264 e. The molecule has 0 bridgehead atoms. The second-order valence-corrected chi connectivity index (χ2v) is 12.1. The molecule has 38 heavy (non-hydrogen) atoms. The Bertz CT molecular complexity index is 1380. The van der Waals surface area contributed by atoms with Crippen LogP contribution in [0.4, 0.5) is 5.69 Å². The van der Waals surface area contributed by atoms with E-state index in [9.17, 15) is 18.0 Å². The standard InChI is InChI=1S/C28H31BrClN3O4S/c1-4-16-31-28(35)21(3)32(18-22-8-5-6-11-26(22)30)27(34)19-33(24-10-7-9-23(29)17-24)38(36,37)25-14-12-20(2)13-15-25/h5-15,17,21H,4,16,18-19H2,1-3H3,(H,31,35). The molecule has 0 aliphatic heterocycles. The predicted octanol–water partition coefficient (Wildman–Crippen LogP) is 5.55. The van der Waals surface area contributed by atoms with Crippen molar-refractivity contribution in [3.8, 4) is 0 Å². The van der Waals surface area contributed by atoms with Crippen molar-refractivity contribution in [3.05, 3.63) is 93.4 Å². The third-order valence-electron chi connectivity index (χ3n) is 6.00. The van der Waals surface area contributed by atoms with Crippen LogP contribution >= 0.6 is 27.5 Å². The Morgan fingerprint density at radius 1 is 1.03 bits per heavy atom. The average Bonchev–Trinajstić information content (AvgIpc) is 2.89. The fourth-order valence-corrected chi connectivity index (χ4v) is 5.77. The van der Waals surface area contributed by atoms with Gasteiger partial charge in [-0.3, -0.25) is 13.9 Å². The molecule has 0 aromatic heterocycles. The van der Waals surface area contributed by atoms with Gasteiger partial charge in [0.05, 0.1) is 10.6 Å². The number of hydrogen-bond donors (Lipinski definition) is 1. The molecule has 1 atom stereocenters. The van der Waals surface area contributed by atoms with Gasteiger partial charge in [0.1, 0.15) is 12.6 Å². The predicted molar refractivity (Wildman–Crippen MR) is 155 cm³/mol. The van der Waals surface area contributed by atoms with Crippen LogP contribution < -0.4 is 9.62 Å². The van der Waals surface area contributed by atoms with Gasteiger partial charge in [0.2, 0.25) is 11.8 Å². The molecule has 0 heterocycles. The minimum atomic E-state index is -4.12. The molecule has 1 unspecified atom stereocenters. The summed E-state index contributed by atoms with van der Waals surface area (Å²) in [6, 6.07) is 19.4. The summed E-state index contributed by atoms with van der Waals surface area (Å²) in [6.07, 6.45) is 0.738. The van der Waals surface area contributed by atoms with Crippen LogP contribution in [0.5, 0.6) is 0 Å². The van der Waals surface area contributed by atoms with E-state index in [1.54, 1.807) is 67.6 Å². The van der Waals surface area contributed by atoms with Crippen LogP contribution in [-0.4, -0.2) is 44.3 Å². The van der Waals surface area contributed by atoms with Gasteiger partial charge < -0.3 is 10.2 Å². The molecule has 1 N–H and O–H groups in total. The van der Waals surface area contributed by atoms with E-state index < -0.39 is 28.5 Å². The highest BCUT2D eigenvalue weighted by Crippen LogP contribution is 2.27. The number of aryl methyl sites for hydroxylation is 1. The van der Waals surface area contributed by atoms with Crippen LogP contribution in [0.3, 0.4) is 0 Å². The molecular formula is C28H31BrClN3O4S. The first-order valence-corrected chi connectivity index (χ1v) is 14.8. The van der Waals surface area contributed by atoms with Crippen molar-refractivity contribution < 1.29 is 18.0 Å². The first-order chi connectivity index (χ1) is 18.0. The van der Waals surface area contributed by atoms with E-state index in [-0.39, 0.29) is 17.3 Å². The van der Waals surface area contributed by atoms with Gasteiger partial charge in [-0.2, -0.15) is 0 Å². The monoisotopic (exact) mass is 619 g/mol. The number of hydrogen-bond acceptors (Lipinski definition) is 4. The summed E-state index contributed by atoms with van der Waals surface area (Å²) in [5, 5.41) is 3.26. The van der Waals surface area contributed by atoms with Gasteiger partial charge in [0.15, 0.2) is 0 Å². The van der Waals surface area contributed by atoms with E-state index in [0.29, 0.717) is 27.3 Å². The first kappa shape index (κ1) is 29.7. The topological polar surface area (TPSA) is 86.8 Å². The minimum Gasteiger partial charge on any atom is -0.354 e. The normalized spacial score (nSPS) is 12.0. The highest BCUT2D eigenvalue weighted by Gasteiger charge is 2.32. The first-order valence-electron chi connectivity index (χ1n) is 12.2. The molecule has 3 rings (SSSR count). The van der Waals surface area contributed by atoms with Gasteiger partial charge in [0.25, 0.3) is 10.0 Å². The number of amides is 2. The number of nitrogens with zero attached hydrogens (tertiary/aromatic N) is 2. The molecule has 0 aliphatic carbocycles. The van der Waals surface area contributed by atoms with E-state index in [2.05, 4.69) is 21.2 Å². The molecule has 3 aromatic rings. The highest BCUT2D eigenvalue weighted by molar-refractivity contribution is 9.10. The summed E-state index contributed by atoms with van der Waals surface area (Å²) >= 11 is 9.77. The summed E-state index contributed by atoms with van der Waals surface area (Å²) in [7, 11) is -4.12. The van der Waals surface area contributed by atoms with Crippen molar-refractivity contribution in [2.24, 2.45) is 0 Å². The number of benzene rings is 3. The Morgan fingerprint density at radius 3 is 2.34 bits per heavy atom. The fraction of sp³-hybridized carbons (Fsp3) is 0.286. The van der Waals surface area contributed by atoms with Gasteiger partial charge in [0, 0.05) is 22.6 Å². The molecule has 0 fully saturated rings. The molecule has 0 saturated carbocycles. The largest absolute Gasteiger partial charge is 0.354 e. The van der Waals surface area contributed by atoms with Crippen LogP contribution in [0.25, 0.3) is 0 Å². The Balaban J connectivity index is 2.03. The molecule has 0 aliphatic rings. The quantitative estimate of drug-likeness (QED) is 0.305. The number of sulfonamides is 1. The lowest BCUT2D eigenvalue weighted by Crippen LogP contribution is -2.51. The smallest absolute Gasteiger partial charge is 0.264 e. The van der Waals surface area contributed by atoms with Crippen LogP contribution in [0.15, 0.2) is 82.2 Å². The Kier molecular flexibility index (Phi) is 10.4. The van der Waals surface area contributed by atoms with Crippen molar-refractivity contribution in [3.63, 3.8) is 0 Å². The number of rotatable bonds is 11. The third-order valence-corrected chi connectivity index (χ3v) is 8.65. The Hall–Kier alpha value is -2.88. The van der Waals surface area contributed by atoms with Crippen LogP contribution in [0, 0.1) is 6.92 Å². The number of halogens is 2. The molecule has 10 heteroatoms. The third kappa shape index (κ3) is 7.36. The summed E-state index contributed by atoms with van der Waals surface area (Å²) in [6.45, 7) is 5.41. The molecule has 202 valence electrons. The summed E-state index contributed by atoms with van der Waals surface area (Å²) in [4.78, 5) is 28.2. The number of anilines is 1. The fourth-order valence-electron chi connectivity index (χ4n) is 3.79. The van der Waals surface area contributed by atoms with Crippen molar-refractivity contribution in [2.45, 2.75) is 44.7 Å². The number of nitrogens with one attached hydrogen (secondary N) is 1. The van der Waals surface area contributed by atoms with Crippen LogP contribution in [0.2, 0.25) is 5.02 Å². The Morgan fingerprint density at radius 2 is 1.71 bits per heavy atom. The van der Waals surface area contributed by atoms with Crippen molar-refractivity contribution in [1.29, 1.82) is 0 Å². The molecule has 2 amide bonds. The summed E-state index contributed by atoms with van der Waals surface area (Å²) < 4.78 is 29.4. The second kappa shape index (κ2) is 13.3. The highest BCUT2D eigenvalue weighted by atomic mass is 79.9. The van der Waals surface area contributed by atoms with E-state index >= 15 is 0 Å². The molecule has 0 spiro atoms. The average molecular weight is 621 g/mol. The van der Waals surface area contributed by atoms with Crippen LogP contribution in [-0.2, 0) is 26.2 Å². The van der Waals surface area contributed by atoms with Gasteiger partial charge >= 0.3 is 0 Å². The van der Waals surface area contributed by atoms with Crippen molar-refractivity contribution in [1.82, 2.24) is 10.2 Å². The maximum absolute atomic E-state index is 13.9. The number of carbonyl (C=O) groups excluding carboxylic acids is 2. The lowest BCUT2D eigenvalue weighted by Gasteiger charge is -2.32. The minimum absolute atomic E-state index is 0.0378. The molecular weight excluding hydrogens is 590 g/mol. The Labute approximate surface area is 238 Å². The molecule has 0 radical (unpaired) electrons. The summed E-state index contributed by atoms with van der Waals surface area (Å²) in [5.74, 6) is -0.873. The molecule has 7 nitrogen and oxygen atoms in total. The lowest BCUT2D eigenvalue weighted by molar-refractivity contribution is -0.139. The van der Waals surface area contributed by atoms with E-state index in [4.69, 9.17) is 11.6 Å². The van der Waals surface area contributed by atoms with Gasteiger partial charge in [-0.25, -0.2) is 8.42 Å². The van der Waals surface area contributed by atoms with E-state index in [1.165, 1.54) is 17.0 Å². The van der Waals surface area contributed by atoms with Crippen molar-refractivity contribution >= 4 is 55.1 Å². The molecule has 0 saturated heterocycles. The van der Waals surface area contributed by atoms with E-state index in [0.717, 1.165) is 16.3 Å². The van der Waals surface area contributed by atoms with Crippen LogP contribution in [0.1, 0.15) is 31.4 Å². The zero-order chi connectivity index (χ0) is 27.9. The zero-order valence-corrected chi connectivity index (χ0v) is 24.7.